The van der Waals surface area contributed by atoms with Gasteiger partial charge in [-0.1, -0.05) is 18.2 Å². The first kappa shape index (κ1) is 17.5. The van der Waals surface area contributed by atoms with Crippen LogP contribution in [0.3, 0.4) is 0 Å². The van der Waals surface area contributed by atoms with E-state index in [2.05, 4.69) is 10.3 Å². The molecule has 0 radical (unpaired) electrons. The Balaban J connectivity index is 1.87. The fourth-order valence-corrected chi connectivity index (χ4v) is 4.20. The molecule has 1 aliphatic heterocycles. The first-order valence-corrected chi connectivity index (χ1v) is 9.90. The van der Waals surface area contributed by atoms with Gasteiger partial charge < -0.3 is 10.3 Å². The molecule has 7 heteroatoms. The first-order chi connectivity index (χ1) is 12.8. The fraction of sp³-hybridized carbons (Fsp3) is 0.150. The molecule has 0 fully saturated rings. The van der Waals surface area contributed by atoms with Crippen molar-refractivity contribution in [1.82, 2.24) is 9.29 Å². The minimum Gasteiger partial charge on any atom is -0.355 e. The van der Waals surface area contributed by atoms with Crippen molar-refractivity contribution in [1.29, 1.82) is 0 Å². The van der Waals surface area contributed by atoms with E-state index in [-0.39, 0.29) is 10.8 Å². The molecule has 1 aromatic heterocycles. The van der Waals surface area contributed by atoms with Crippen molar-refractivity contribution in [3.05, 3.63) is 59.3 Å². The summed E-state index contributed by atoms with van der Waals surface area (Å²) in [5.41, 5.74) is 4.49. The number of hydrogen-bond donors (Lipinski definition) is 2. The van der Waals surface area contributed by atoms with Gasteiger partial charge in [-0.25, -0.2) is 12.7 Å². The molecule has 3 aromatic rings. The first-order valence-electron chi connectivity index (χ1n) is 8.46. The summed E-state index contributed by atoms with van der Waals surface area (Å²) in [5, 5.41) is 3.89. The number of nitrogens with one attached hydrogen (secondary N) is 2. The lowest BCUT2D eigenvalue weighted by molar-refractivity contribution is -0.110. The van der Waals surface area contributed by atoms with Gasteiger partial charge >= 0.3 is 0 Å². The highest BCUT2D eigenvalue weighted by Crippen LogP contribution is 2.36. The Bertz CT molecular complexity index is 1220. The number of benzene rings is 2. The second-order valence-electron chi connectivity index (χ2n) is 6.72. The summed E-state index contributed by atoms with van der Waals surface area (Å²) in [6.45, 7) is 1.99. The normalized spacial score (nSPS) is 15.6. The van der Waals surface area contributed by atoms with Crippen LogP contribution in [0.15, 0.2) is 47.4 Å². The highest BCUT2D eigenvalue weighted by atomic mass is 32.2. The van der Waals surface area contributed by atoms with Crippen LogP contribution in [-0.4, -0.2) is 37.7 Å². The Labute approximate surface area is 157 Å². The molecule has 2 N–H and O–H groups in total. The van der Waals surface area contributed by atoms with Crippen LogP contribution >= 0.6 is 0 Å². The van der Waals surface area contributed by atoms with Gasteiger partial charge in [0.1, 0.15) is 0 Å². The van der Waals surface area contributed by atoms with Gasteiger partial charge in [-0.15, -0.1) is 0 Å². The maximum atomic E-state index is 12.5. The zero-order valence-electron chi connectivity index (χ0n) is 15.2. The summed E-state index contributed by atoms with van der Waals surface area (Å²) in [7, 11) is -0.616. The number of hydrogen-bond acceptors (Lipinski definition) is 3. The number of carbonyl (C=O) groups is 1. The van der Waals surface area contributed by atoms with E-state index in [9.17, 15) is 13.2 Å². The summed E-state index contributed by atoms with van der Waals surface area (Å²) >= 11 is 0. The number of rotatable bonds is 3. The highest BCUT2D eigenvalue weighted by Gasteiger charge is 2.27. The summed E-state index contributed by atoms with van der Waals surface area (Å²) in [6, 6.07) is 12.6. The standard InChI is InChI=1S/C20H19N3O3S/c1-12-14-6-4-5-7-17(14)21-19(12)11-16-15-10-13(27(25,26)23(2)3)8-9-18(15)22-20(16)24/h4-11,21H,1-3H3,(H,22,24)/b16-11-. The SMILES string of the molecule is Cc1c(/C=C2\C(=O)Nc3ccc(S(=O)(=O)N(C)C)cc32)[nH]c2ccccc12. The summed E-state index contributed by atoms with van der Waals surface area (Å²) in [4.78, 5) is 16.0. The monoisotopic (exact) mass is 381 g/mol. The number of sulfonamides is 1. The summed E-state index contributed by atoms with van der Waals surface area (Å²) in [6.07, 6.45) is 1.78. The van der Waals surface area contributed by atoms with Crippen molar-refractivity contribution in [3.63, 3.8) is 0 Å². The van der Waals surface area contributed by atoms with Gasteiger partial charge in [0.25, 0.3) is 5.91 Å². The maximum absolute atomic E-state index is 12.5. The highest BCUT2D eigenvalue weighted by molar-refractivity contribution is 7.89. The van der Waals surface area contributed by atoms with Crippen molar-refractivity contribution in [2.45, 2.75) is 11.8 Å². The van der Waals surface area contributed by atoms with E-state index in [1.807, 2.05) is 31.2 Å². The molecular formula is C20H19N3O3S. The van der Waals surface area contributed by atoms with E-state index in [4.69, 9.17) is 0 Å². The number of amides is 1. The molecule has 0 atom stereocenters. The Morgan fingerprint density at radius 1 is 1.07 bits per heavy atom. The molecule has 2 aromatic carbocycles. The number of fused-ring (bicyclic) bond motifs is 2. The molecule has 0 spiro atoms. The van der Waals surface area contributed by atoms with Crippen LogP contribution in [-0.2, 0) is 14.8 Å². The second kappa shape index (κ2) is 6.07. The van der Waals surface area contributed by atoms with Crippen molar-refractivity contribution >= 4 is 44.2 Å². The van der Waals surface area contributed by atoms with Crippen LogP contribution in [0.5, 0.6) is 0 Å². The zero-order chi connectivity index (χ0) is 19.3. The minimum absolute atomic E-state index is 0.155. The molecule has 0 saturated carbocycles. The predicted octanol–water partition coefficient (Wildman–Crippen LogP) is 3.22. The molecule has 27 heavy (non-hydrogen) atoms. The number of para-hydroxylation sites is 1. The molecule has 1 amide bonds. The number of aryl methyl sites for hydroxylation is 1. The molecule has 6 nitrogen and oxygen atoms in total. The topological polar surface area (TPSA) is 82.3 Å². The third-order valence-electron chi connectivity index (χ3n) is 4.85. The van der Waals surface area contributed by atoms with Crippen molar-refractivity contribution in [2.75, 3.05) is 19.4 Å². The van der Waals surface area contributed by atoms with Gasteiger partial charge in [-0.2, -0.15) is 0 Å². The number of nitrogens with zero attached hydrogens (tertiary/aromatic N) is 1. The van der Waals surface area contributed by atoms with E-state index < -0.39 is 10.0 Å². The predicted molar refractivity (Wildman–Crippen MR) is 107 cm³/mol. The smallest absolute Gasteiger partial charge is 0.256 e. The largest absolute Gasteiger partial charge is 0.355 e. The van der Waals surface area contributed by atoms with Crippen LogP contribution in [0.1, 0.15) is 16.8 Å². The molecular weight excluding hydrogens is 362 g/mol. The Morgan fingerprint density at radius 3 is 2.52 bits per heavy atom. The lowest BCUT2D eigenvalue weighted by Gasteiger charge is -2.12. The number of aromatic amines is 1. The fourth-order valence-electron chi connectivity index (χ4n) is 3.27. The second-order valence-corrected chi connectivity index (χ2v) is 8.87. The van der Waals surface area contributed by atoms with E-state index in [1.165, 1.54) is 20.2 Å². The molecule has 0 unspecified atom stereocenters. The van der Waals surface area contributed by atoms with Crippen LogP contribution in [0.2, 0.25) is 0 Å². The van der Waals surface area contributed by atoms with Crippen molar-refractivity contribution in [3.8, 4) is 0 Å². The summed E-state index contributed by atoms with van der Waals surface area (Å²) < 4.78 is 26.0. The third kappa shape index (κ3) is 2.75. The van der Waals surface area contributed by atoms with Crippen LogP contribution in [0.25, 0.3) is 22.6 Å². The van der Waals surface area contributed by atoms with E-state index >= 15 is 0 Å². The maximum Gasteiger partial charge on any atom is 0.256 e. The van der Waals surface area contributed by atoms with E-state index in [0.717, 1.165) is 26.5 Å². The Hall–Kier alpha value is -2.90. The number of aromatic nitrogens is 1. The molecule has 0 saturated heterocycles. The third-order valence-corrected chi connectivity index (χ3v) is 6.66. The van der Waals surface area contributed by atoms with Gasteiger partial charge in [0.15, 0.2) is 0 Å². The molecule has 2 heterocycles. The van der Waals surface area contributed by atoms with E-state index in [1.54, 1.807) is 18.2 Å². The summed E-state index contributed by atoms with van der Waals surface area (Å²) in [5.74, 6) is -0.248. The lowest BCUT2D eigenvalue weighted by atomic mass is 10.0. The van der Waals surface area contributed by atoms with Crippen molar-refractivity contribution < 1.29 is 13.2 Å². The van der Waals surface area contributed by atoms with Crippen LogP contribution in [0, 0.1) is 6.92 Å². The Morgan fingerprint density at radius 2 is 1.81 bits per heavy atom. The molecule has 4 rings (SSSR count). The van der Waals surface area contributed by atoms with Gasteiger partial charge in [-0.05, 0) is 42.8 Å². The number of carbonyl (C=O) groups excluding carboxylic acids is 1. The minimum atomic E-state index is -3.58. The van der Waals surface area contributed by atoms with Gasteiger partial charge in [0.2, 0.25) is 10.0 Å². The molecule has 138 valence electrons. The average molecular weight is 381 g/mol. The van der Waals surface area contributed by atoms with Gasteiger partial charge in [-0.3, -0.25) is 4.79 Å². The number of H-pyrrole nitrogens is 1. The lowest BCUT2D eigenvalue weighted by Crippen LogP contribution is -2.22. The van der Waals surface area contributed by atoms with Gasteiger partial charge in [0, 0.05) is 41.9 Å². The molecule has 1 aliphatic rings. The zero-order valence-corrected chi connectivity index (χ0v) is 16.0. The Kier molecular flexibility index (Phi) is 3.94. The average Bonchev–Trinajstić information content (AvgIpc) is 3.12. The quantitative estimate of drug-likeness (QED) is 0.684. The van der Waals surface area contributed by atoms with Gasteiger partial charge in [0.05, 0.1) is 10.5 Å². The molecule has 0 aliphatic carbocycles. The number of anilines is 1. The van der Waals surface area contributed by atoms with Crippen molar-refractivity contribution in [2.24, 2.45) is 0 Å². The van der Waals surface area contributed by atoms with Crippen LogP contribution < -0.4 is 5.32 Å². The molecule has 0 bridgehead atoms. The van der Waals surface area contributed by atoms with E-state index in [0.29, 0.717) is 16.8 Å². The van der Waals surface area contributed by atoms with Crippen LogP contribution in [0.4, 0.5) is 5.69 Å².